The van der Waals surface area contributed by atoms with E-state index >= 15 is 0 Å². The molecule has 0 fully saturated rings. The number of hydrogen-bond donors (Lipinski definition) is 5. The first-order valence-corrected chi connectivity index (χ1v) is 16.5. The van der Waals surface area contributed by atoms with Crippen molar-refractivity contribution in [2.75, 3.05) is 13.7 Å². The number of carbonyl (C=O) groups is 7. The topological polar surface area (TPSA) is 211 Å². The molecule has 16 nitrogen and oxygen atoms in total. The number of methoxy groups -OCH3 is 1. The molecule has 0 saturated carbocycles. The maximum atomic E-state index is 13.8. The monoisotopic (exact) mass is 696 g/mol. The summed E-state index contributed by atoms with van der Waals surface area (Å²) in [7, 11) is 1.22. The van der Waals surface area contributed by atoms with E-state index in [9.17, 15) is 33.6 Å². The average molecular weight is 697 g/mol. The van der Waals surface area contributed by atoms with Gasteiger partial charge in [0.2, 0.25) is 29.5 Å². The quantitative estimate of drug-likeness (QED) is 0.154. The third kappa shape index (κ3) is 13.9. The molecule has 0 radical (unpaired) electrons. The molecule has 278 valence electrons. The molecule has 6 atom stereocenters. The van der Waals surface area contributed by atoms with Crippen molar-refractivity contribution < 1.29 is 47.8 Å². The van der Waals surface area contributed by atoms with Gasteiger partial charge >= 0.3 is 12.1 Å². The molecule has 0 saturated heterocycles. The van der Waals surface area contributed by atoms with Crippen molar-refractivity contribution in [3.63, 3.8) is 0 Å². The van der Waals surface area contributed by atoms with Crippen LogP contribution in [-0.2, 0) is 43.0 Å². The van der Waals surface area contributed by atoms with Crippen LogP contribution < -0.4 is 26.6 Å². The minimum Gasteiger partial charge on any atom is -0.494 e. The predicted octanol–water partition coefficient (Wildman–Crippen LogP) is 1.09. The van der Waals surface area contributed by atoms with Crippen molar-refractivity contribution in [1.29, 1.82) is 0 Å². The lowest BCUT2D eigenvalue weighted by Crippen LogP contribution is -2.61. The lowest BCUT2D eigenvalue weighted by molar-refractivity contribution is -0.147. The van der Waals surface area contributed by atoms with Gasteiger partial charge in [-0.15, -0.1) is 0 Å². The van der Waals surface area contributed by atoms with Gasteiger partial charge in [-0.3, -0.25) is 28.9 Å². The number of hydrogen-bond acceptors (Lipinski definition) is 10. The Morgan fingerprint density at radius 3 is 1.92 bits per heavy atom. The van der Waals surface area contributed by atoms with Gasteiger partial charge in [-0.2, -0.15) is 0 Å². The molecule has 5 N–H and O–H groups in total. The fourth-order valence-electron chi connectivity index (χ4n) is 4.77. The van der Waals surface area contributed by atoms with E-state index in [0.29, 0.717) is 0 Å². The Bertz CT molecular complexity index is 1230. The number of ether oxygens (including phenoxy) is 3. The number of carbonyl (C=O) groups excluding carboxylic acids is 7. The van der Waals surface area contributed by atoms with Crippen LogP contribution in [-0.4, -0.2) is 102 Å². The molecular formula is C33H56N6O10. The number of esters is 1. The highest BCUT2D eigenvalue weighted by molar-refractivity contribution is 5.96. The molecule has 1 aliphatic heterocycles. The summed E-state index contributed by atoms with van der Waals surface area (Å²) in [5.74, 6) is -4.56. The van der Waals surface area contributed by atoms with Crippen molar-refractivity contribution in [2.45, 2.75) is 124 Å². The molecule has 0 bridgehead atoms. The van der Waals surface area contributed by atoms with E-state index < -0.39 is 96.0 Å². The fourth-order valence-corrected chi connectivity index (χ4v) is 4.77. The van der Waals surface area contributed by atoms with Gasteiger partial charge in [-0.25, -0.2) is 9.59 Å². The summed E-state index contributed by atoms with van der Waals surface area (Å²) in [6.07, 6.45) is 1.14. The molecule has 16 heteroatoms. The summed E-state index contributed by atoms with van der Waals surface area (Å²) < 4.78 is 15.5. The Labute approximate surface area is 289 Å². The second-order valence-corrected chi connectivity index (χ2v) is 14.1. The van der Waals surface area contributed by atoms with Crippen molar-refractivity contribution in [3.05, 3.63) is 12.5 Å². The molecule has 1 rings (SSSR count). The van der Waals surface area contributed by atoms with Gasteiger partial charge in [-0.1, -0.05) is 41.5 Å². The predicted molar refractivity (Wildman–Crippen MR) is 179 cm³/mol. The Morgan fingerprint density at radius 1 is 0.837 bits per heavy atom. The van der Waals surface area contributed by atoms with E-state index in [1.807, 2.05) is 13.8 Å². The van der Waals surface area contributed by atoms with Crippen LogP contribution in [0, 0.1) is 17.8 Å². The molecule has 0 aromatic carbocycles. The fraction of sp³-hybridized carbons (Fsp3) is 0.727. The van der Waals surface area contributed by atoms with Gasteiger partial charge in [0.25, 0.3) is 0 Å². The standard InChI is InChI=1S/C33H56N6O10/c1-17(2)15-22(28(42)38-25(19(5)6)31(45)47-12)36-23(40)16-34-29(43)26-21(8)48-14-13-39(26)30(44)24(18(3)4)37-27(41)20(7)35-32(46)49-33(9,10)11/h13-14,17-22,24-26H,15-16H2,1-12H3,(H,34,43)(H,35,46)(H,36,40)(H,37,41)(H,38,42)/t20-,21-,22-,24-,25-,26+/m1/s1. The molecule has 0 aliphatic carbocycles. The largest absolute Gasteiger partial charge is 0.494 e. The summed E-state index contributed by atoms with van der Waals surface area (Å²) >= 11 is 0. The third-order valence-corrected chi connectivity index (χ3v) is 7.34. The van der Waals surface area contributed by atoms with E-state index in [2.05, 4.69) is 26.6 Å². The second kappa shape index (κ2) is 19.0. The molecule has 1 aliphatic rings. The number of nitrogens with zero attached hydrogens (tertiary/aromatic N) is 1. The van der Waals surface area contributed by atoms with E-state index in [4.69, 9.17) is 14.2 Å². The van der Waals surface area contributed by atoms with Crippen molar-refractivity contribution >= 4 is 41.6 Å². The zero-order valence-corrected chi connectivity index (χ0v) is 30.8. The molecule has 0 aromatic rings. The van der Waals surface area contributed by atoms with Crippen LogP contribution in [0.25, 0.3) is 0 Å². The van der Waals surface area contributed by atoms with Crippen LogP contribution in [0.15, 0.2) is 12.5 Å². The van der Waals surface area contributed by atoms with Crippen LogP contribution >= 0.6 is 0 Å². The highest BCUT2D eigenvalue weighted by Crippen LogP contribution is 2.19. The van der Waals surface area contributed by atoms with Gasteiger partial charge in [0.05, 0.1) is 19.9 Å². The lowest BCUT2D eigenvalue weighted by Gasteiger charge is -2.37. The number of alkyl carbamates (subject to hydrolysis) is 1. The summed E-state index contributed by atoms with van der Waals surface area (Å²) in [6.45, 7) is 18.2. The van der Waals surface area contributed by atoms with Gasteiger partial charge in [-0.05, 0) is 58.8 Å². The SMILES string of the molecule is COC(=O)[C@H](NC(=O)[C@@H](CC(C)C)NC(=O)CNC(=O)[C@@H]1[C@@H](C)OC=CN1C(=O)[C@H](NC(=O)[C@@H](C)NC(=O)OC(C)(C)C)C(C)C)C(C)C. The minimum absolute atomic E-state index is 0.00154. The molecule has 1 heterocycles. The van der Waals surface area contributed by atoms with Crippen molar-refractivity contribution in [3.8, 4) is 0 Å². The third-order valence-electron chi connectivity index (χ3n) is 7.34. The Hall–Kier alpha value is -4.37. The summed E-state index contributed by atoms with van der Waals surface area (Å²) in [4.78, 5) is 91.7. The normalized spacial score (nSPS) is 18.4. The maximum Gasteiger partial charge on any atom is 0.408 e. The van der Waals surface area contributed by atoms with Crippen LogP contribution in [0.2, 0.25) is 0 Å². The summed E-state index contributed by atoms with van der Waals surface area (Å²) in [6, 6.07) is -5.28. The van der Waals surface area contributed by atoms with E-state index in [0.717, 1.165) is 4.90 Å². The number of amides is 6. The first kappa shape index (κ1) is 42.7. The molecular weight excluding hydrogens is 640 g/mol. The molecule has 6 amide bonds. The zero-order valence-electron chi connectivity index (χ0n) is 30.8. The Morgan fingerprint density at radius 2 is 1.41 bits per heavy atom. The minimum atomic E-state index is -1.22. The van der Waals surface area contributed by atoms with E-state index in [1.54, 1.807) is 55.4 Å². The maximum absolute atomic E-state index is 13.8. The Kier molecular flexibility index (Phi) is 16.5. The number of rotatable bonds is 15. The number of nitrogens with one attached hydrogen (secondary N) is 5. The second-order valence-electron chi connectivity index (χ2n) is 14.1. The highest BCUT2D eigenvalue weighted by atomic mass is 16.6. The van der Waals surface area contributed by atoms with Crippen molar-refractivity contribution in [2.24, 2.45) is 17.8 Å². The van der Waals surface area contributed by atoms with Gasteiger partial charge in [0.15, 0.2) is 6.04 Å². The summed E-state index contributed by atoms with van der Waals surface area (Å²) in [5, 5.41) is 12.8. The first-order valence-electron chi connectivity index (χ1n) is 16.5. The molecule has 0 aromatic heterocycles. The smallest absolute Gasteiger partial charge is 0.408 e. The first-order chi connectivity index (χ1) is 22.6. The van der Waals surface area contributed by atoms with Gasteiger partial charge in [0.1, 0.15) is 35.9 Å². The van der Waals surface area contributed by atoms with Crippen molar-refractivity contribution in [1.82, 2.24) is 31.5 Å². The molecule has 0 spiro atoms. The van der Waals surface area contributed by atoms with Crippen LogP contribution in [0.1, 0.15) is 82.6 Å². The van der Waals surface area contributed by atoms with Crippen LogP contribution in [0.3, 0.4) is 0 Å². The average Bonchev–Trinajstić information content (AvgIpc) is 2.98. The van der Waals surface area contributed by atoms with E-state index in [1.165, 1.54) is 26.5 Å². The van der Waals surface area contributed by atoms with Crippen LogP contribution in [0.5, 0.6) is 0 Å². The van der Waals surface area contributed by atoms with Crippen LogP contribution in [0.4, 0.5) is 4.79 Å². The highest BCUT2D eigenvalue weighted by Gasteiger charge is 2.41. The van der Waals surface area contributed by atoms with Gasteiger partial charge < -0.3 is 40.8 Å². The van der Waals surface area contributed by atoms with Gasteiger partial charge in [0, 0.05) is 6.20 Å². The van der Waals surface area contributed by atoms with E-state index in [-0.39, 0.29) is 18.3 Å². The molecule has 49 heavy (non-hydrogen) atoms. The summed E-state index contributed by atoms with van der Waals surface area (Å²) in [5.41, 5.74) is -0.778. The Balaban J connectivity index is 3.03. The zero-order chi connectivity index (χ0) is 37.8. The molecule has 0 unspecified atom stereocenters. The lowest BCUT2D eigenvalue weighted by atomic mass is 9.99.